The number of nitro benzene ring substituents is 1. The van der Waals surface area contributed by atoms with Gasteiger partial charge in [-0.25, -0.2) is 0 Å². The molecule has 1 aliphatic heterocycles. The van der Waals surface area contributed by atoms with Crippen LogP contribution >= 0.6 is 12.4 Å². The summed E-state index contributed by atoms with van der Waals surface area (Å²) in [6, 6.07) is 13.7. The van der Waals surface area contributed by atoms with Gasteiger partial charge in [0, 0.05) is 24.2 Å². The number of rotatable bonds is 7. The highest BCUT2D eigenvalue weighted by Gasteiger charge is 2.24. The predicted octanol–water partition coefficient (Wildman–Crippen LogP) is 3.59. The van der Waals surface area contributed by atoms with E-state index in [2.05, 4.69) is 10.2 Å². The summed E-state index contributed by atoms with van der Waals surface area (Å²) in [5.41, 5.74) is 1.31. The molecule has 8 heteroatoms. The van der Waals surface area contributed by atoms with Crippen LogP contribution in [0.1, 0.15) is 34.8 Å². The maximum atomic E-state index is 12.5. The largest absolute Gasteiger partial charge is 0.497 e. The molecule has 1 saturated heterocycles. The lowest BCUT2D eigenvalue weighted by Gasteiger charge is -2.28. The van der Waals surface area contributed by atoms with Crippen LogP contribution in [0.5, 0.6) is 5.75 Å². The molecule has 2 aromatic rings. The van der Waals surface area contributed by atoms with E-state index in [1.165, 1.54) is 18.2 Å². The third-order valence-corrected chi connectivity index (χ3v) is 4.86. The van der Waals surface area contributed by atoms with E-state index in [1.807, 2.05) is 24.3 Å². The molecule has 150 valence electrons. The summed E-state index contributed by atoms with van der Waals surface area (Å²) in [5, 5.41) is 13.8. The molecule has 1 fully saturated rings. The molecule has 0 radical (unpaired) electrons. The number of non-ortho nitro benzene ring substituents is 1. The zero-order valence-corrected chi connectivity index (χ0v) is 16.5. The Bertz CT molecular complexity index is 807. The zero-order valence-electron chi connectivity index (χ0n) is 15.7. The van der Waals surface area contributed by atoms with E-state index < -0.39 is 4.92 Å². The Hall–Kier alpha value is -2.64. The number of hydrogen-bond donors (Lipinski definition) is 1. The number of benzene rings is 2. The minimum atomic E-state index is -0.499. The molecule has 0 spiro atoms. The van der Waals surface area contributed by atoms with E-state index in [0.717, 1.165) is 37.2 Å². The summed E-state index contributed by atoms with van der Waals surface area (Å²) in [6.07, 6.45) is 2.29. The average molecular weight is 406 g/mol. The molecular formula is C20H24ClN3O4. The quantitative estimate of drug-likeness (QED) is 0.562. The van der Waals surface area contributed by atoms with Crippen LogP contribution in [0.15, 0.2) is 48.5 Å². The number of halogens is 1. The van der Waals surface area contributed by atoms with Gasteiger partial charge < -0.3 is 10.1 Å². The maximum absolute atomic E-state index is 12.5. The number of hydrogen-bond acceptors (Lipinski definition) is 5. The van der Waals surface area contributed by atoms with E-state index in [1.54, 1.807) is 13.2 Å². The van der Waals surface area contributed by atoms with Crippen LogP contribution in [0.4, 0.5) is 5.69 Å². The van der Waals surface area contributed by atoms with Crippen molar-refractivity contribution in [2.75, 3.05) is 26.7 Å². The highest BCUT2D eigenvalue weighted by atomic mass is 35.5. The van der Waals surface area contributed by atoms with Gasteiger partial charge in [0.15, 0.2) is 0 Å². The van der Waals surface area contributed by atoms with Gasteiger partial charge in [0.2, 0.25) is 0 Å². The first kappa shape index (κ1) is 21.7. The normalized spacial score (nSPS) is 14.8. The number of likely N-dealkylation sites (tertiary alicyclic amines) is 1. The smallest absolute Gasteiger partial charge is 0.270 e. The van der Waals surface area contributed by atoms with Gasteiger partial charge in [-0.15, -0.1) is 12.4 Å². The third kappa shape index (κ3) is 5.21. The molecule has 28 heavy (non-hydrogen) atoms. The van der Waals surface area contributed by atoms with Crippen molar-refractivity contribution in [3.63, 3.8) is 0 Å². The van der Waals surface area contributed by atoms with Crippen molar-refractivity contribution < 1.29 is 14.5 Å². The SMILES string of the molecule is COc1ccc(C(CNC(=O)c2cccc([N+](=O)[O-])c2)N2CCCC2)cc1.Cl. The summed E-state index contributed by atoms with van der Waals surface area (Å²) in [7, 11) is 1.63. The first-order valence-corrected chi connectivity index (χ1v) is 8.99. The van der Waals surface area contributed by atoms with Gasteiger partial charge >= 0.3 is 0 Å². The first-order valence-electron chi connectivity index (χ1n) is 8.99. The minimum Gasteiger partial charge on any atom is -0.497 e. The monoisotopic (exact) mass is 405 g/mol. The highest BCUT2D eigenvalue weighted by molar-refractivity contribution is 5.94. The van der Waals surface area contributed by atoms with Crippen LogP contribution in [0.3, 0.4) is 0 Å². The number of nitrogens with zero attached hydrogens (tertiary/aromatic N) is 2. The van der Waals surface area contributed by atoms with Gasteiger partial charge in [-0.2, -0.15) is 0 Å². The molecule has 1 amide bonds. The predicted molar refractivity (Wildman–Crippen MR) is 109 cm³/mol. The maximum Gasteiger partial charge on any atom is 0.270 e. The third-order valence-electron chi connectivity index (χ3n) is 4.86. The van der Waals surface area contributed by atoms with Gasteiger partial charge in [0.05, 0.1) is 18.1 Å². The standard InChI is InChI=1S/C20H23N3O4.ClH/c1-27-18-9-7-15(8-10-18)19(22-11-2-3-12-22)14-21-20(24)16-5-4-6-17(13-16)23(25)26;/h4-10,13,19H,2-3,11-12,14H2,1H3,(H,21,24);1H. The Kier molecular flexibility index (Phi) is 7.78. The number of amides is 1. The van der Waals surface area contributed by atoms with E-state index in [-0.39, 0.29) is 30.0 Å². The van der Waals surface area contributed by atoms with Gasteiger partial charge in [-0.05, 0) is 49.7 Å². The second kappa shape index (κ2) is 10.1. The fourth-order valence-electron chi connectivity index (χ4n) is 3.39. The number of methoxy groups -OCH3 is 1. The lowest BCUT2D eigenvalue weighted by Crippen LogP contribution is -2.36. The molecule has 0 aliphatic carbocycles. The summed E-state index contributed by atoms with van der Waals surface area (Å²) < 4.78 is 5.22. The van der Waals surface area contributed by atoms with Gasteiger partial charge in [0.1, 0.15) is 5.75 Å². The van der Waals surface area contributed by atoms with Gasteiger partial charge in [-0.3, -0.25) is 19.8 Å². The first-order chi connectivity index (χ1) is 13.1. The van der Waals surface area contributed by atoms with E-state index in [4.69, 9.17) is 4.74 Å². The fraction of sp³-hybridized carbons (Fsp3) is 0.350. The Morgan fingerprint density at radius 1 is 1.21 bits per heavy atom. The van der Waals surface area contributed by atoms with Crippen molar-refractivity contribution in [2.45, 2.75) is 18.9 Å². The number of nitro groups is 1. The summed E-state index contributed by atoms with van der Waals surface area (Å²) in [5.74, 6) is 0.482. The molecule has 1 heterocycles. The van der Waals surface area contributed by atoms with Crippen molar-refractivity contribution in [2.24, 2.45) is 0 Å². The zero-order chi connectivity index (χ0) is 19.2. The number of ether oxygens (including phenoxy) is 1. The molecular weight excluding hydrogens is 382 g/mol. The number of carbonyl (C=O) groups is 1. The highest BCUT2D eigenvalue weighted by Crippen LogP contribution is 2.26. The van der Waals surface area contributed by atoms with Crippen molar-refractivity contribution in [3.8, 4) is 5.75 Å². The molecule has 0 aromatic heterocycles. The van der Waals surface area contributed by atoms with Crippen molar-refractivity contribution in [3.05, 3.63) is 69.8 Å². The summed E-state index contributed by atoms with van der Waals surface area (Å²) in [6.45, 7) is 2.42. The van der Waals surface area contributed by atoms with Crippen molar-refractivity contribution in [1.82, 2.24) is 10.2 Å². The molecule has 1 unspecified atom stereocenters. The van der Waals surface area contributed by atoms with Crippen molar-refractivity contribution >= 4 is 24.0 Å². The molecule has 3 rings (SSSR count). The summed E-state index contributed by atoms with van der Waals surface area (Å²) in [4.78, 5) is 25.3. The van der Waals surface area contributed by atoms with Crippen LogP contribution in [-0.4, -0.2) is 42.5 Å². The molecule has 2 aromatic carbocycles. The lowest BCUT2D eigenvalue weighted by molar-refractivity contribution is -0.384. The second-order valence-electron chi connectivity index (χ2n) is 6.55. The van der Waals surface area contributed by atoms with Crippen LogP contribution in [0, 0.1) is 10.1 Å². The molecule has 1 atom stereocenters. The van der Waals surface area contributed by atoms with Crippen molar-refractivity contribution in [1.29, 1.82) is 0 Å². The molecule has 1 aliphatic rings. The van der Waals surface area contributed by atoms with Crippen LogP contribution in [-0.2, 0) is 0 Å². The summed E-state index contributed by atoms with van der Waals surface area (Å²) >= 11 is 0. The molecule has 1 N–H and O–H groups in total. The van der Waals surface area contributed by atoms with Crippen LogP contribution in [0.25, 0.3) is 0 Å². The minimum absolute atomic E-state index is 0. The van der Waals surface area contributed by atoms with E-state index in [9.17, 15) is 14.9 Å². The molecule has 7 nitrogen and oxygen atoms in total. The Morgan fingerprint density at radius 3 is 2.50 bits per heavy atom. The average Bonchev–Trinajstić information content (AvgIpc) is 3.23. The fourth-order valence-corrected chi connectivity index (χ4v) is 3.39. The van der Waals surface area contributed by atoms with Crippen LogP contribution in [0.2, 0.25) is 0 Å². The second-order valence-corrected chi connectivity index (χ2v) is 6.55. The van der Waals surface area contributed by atoms with Crippen LogP contribution < -0.4 is 10.1 Å². The number of nitrogens with one attached hydrogen (secondary N) is 1. The van der Waals surface area contributed by atoms with Gasteiger partial charge in [0.25, 0.3) is 11.6 Å². The van der Waals surface area contributed by atoms with E-state index in [0.29, 0.717) is 12.1 Å². The Balaban J connectivity index is 0.00000280. The molecule has 0 saturated carbocycles. The van der Waals surface area contributed by atoms with Gasteiger partial charge in [-0.1, -0.05) is 18.2 Å². The lowest BCUT2D eigenvalue weighted by atomic mass is 10.0. The topological polar surface area (TPSA) is 84.7 Å². The molecule has 0 bridgehead atoms. The van der Waals surface area contributed by atoms with E-state index >= 15 is 0 Å². The number of carbonyl (C=O) groups excluding carboxylic acids is 1. The Labute approximate surface area is 170 Å². The Morgan fingerprint density at radius 2 is 1.89 bits per heavy atom.